The Balaban J connectivity index is 1.86. The van der Waals surface area contributed by atoms with Crippen LogP contribution in [0.1, 0.15) is 20.1 Å². The average molecular weight is 388 g/mol. The Morgan fingerprint density at radius 3 is 2.65 bits per heavy atom. The molecule has 0 aliphatic carbocycles. The van der Waals surface area contributed by atoms with Crippen LogP contribution in [-0.2, 0) is 0 Å². The highest BCUT2D eigenvalue weighted by Crippen LogP contribution is 2.33. The number of anilines is 2. The van der Waals surface area contributed by atoms with Crippen LogP contribution >= 0.6 is 22.7 Å². The van der Waals surface area contributed by atoms with Crippen molar-refractivity contribution in [2.24, 2.45) is 0 Å². The fraction of sp³-hybridized carbons (Fsp3) is 0.176. The van der Waals surface area contributed by atoms with Gasteiger partial charge in [-0.1, -0.05) is 0 Å². The van der Waals surface area contributed by atoms with Gasteiger partial charge >= 0.3 is 0 Å². The molecule has 2 heterocycles. The minimum Gasteiger partial charge on any atom is -0.387 e. The molecule has 134 valence electrons. The van der Waals surface area contributed by atoms with Crippen molar-refractivity contribution >= 4 is 45.1 Å². The predicted octanol–water partition coefficient (Wildman–Crippen LogP) is 4.69. The highest BCUT2D eigenvalue weighted by atomic mass is 32.1. The molecule has 2 N–H and O–H groups in total. The molecule has 2 aromatic heterocycles. The SMILES string of the molecule is CNc1ccc([N+](=O)[O-])cc1C(=O)Nc1nc(-c2cc(C)sc2C)cs1. The molecule has 3 aromatic rings. The fourth-order valence-corrected chi connectivity index (χ4v) is 4.19. The number of non-ortho nitro benzene ring substituents is 1. The summed E-state index contributed by atoms with van der Waals surface area (Å²) in [4.78, 5) is 29.9. The third-order valence-electron chi connectivity index (χ3n) is 3.77. The van der Waals surface area contributed by atoms with E-state index >= 15 is 0 Å². The number of carbonyl (C=O) groups is 1. The molecular weight excluding hydrogens is 372 g/mol. The van der Waals surface area contributed by atoms with Crippen molar-refractivity contribution in [2.45, 2.75) is 13.8 Å². The predicted molar refractivity (Wildman–Crippen MR) is 105 cm³/mol. The first-order valence-corrected chi connectivity index (χ1v) is 9.39. The van der Waals surface area contributed by atoms with E-state index in [2.05, 4.69) is 21.7 Å². The van der Waals surface area contributed by atoms with Gasteiger partial charge in [0.1, 0.15) is 0 Å². The molecule has 0 aliphatic heterocycles. The molecule has 0 unspecified atom stereocenters. The third-order valence-corrected chi connectivity index (χ3v) is 5.49. The first-order valence-electron chi connectivity index (χ1n) is 7.69. The van der Waals surface area contributed by atoms with Crippen LogP contribution in [0.2, 0.25) is 0 Å². The monoisotopic (exact) mass is 388 g/mol. The van der Waals surface area contributed by atoms with Crippen LogP contribution in [0.25, 0.3) is 11.3 Å². The molecule has 0 saturated heterocycles. The van der Waals surface area contributed by atoms with E-state index in [1.807, 2.05) is 19.2 Å². The molecule has 0 fully saturated rings. The minimum absolute atomic E-state index is 0.140. The quantitative estimate of drug-likeness (QED) is 0.488. The van der Waals surface area contributed by atoms with E-state index in [1.54, 1.807) is 18.4 Å². The van der Waals surface area contributed by atoms with Crippen molar-refractivity contribution < 1.29 is 9.72 Å². The zero-order chi connectivity index (χ0) is 18.8. The number of nitro benzene ring substituents is 1. The Morgan fingerprint density at radius 1 is 1.27 bits per heavy atom. The smallest absolute Gasteiger partial charge is 0.270 e. The number of amides is 1. The third kappa shape index (κ3) is 3.58. The number of carbonyl (C=O) groups excluding carboxylic acids is 1. The summed E-state index contributed by atoms with van der Waals surface area (Å²) in [5.41, 5.74) is 2.42. The zero-order valence-electron chi connectivity index (χ0n) is 14.3. The Bertz CT molecular complexity index is 994. The van der Waals surface area contributed by atoms with Crippen LogP contribution in [0.5, 0.6) is 0 Å². The van der Waals surface area contributed by atoms with Crippen molar-refractivity contribution in [3.05, 3.63) is 55.1 Å². The molecule has 1 amide bonds. The van der Waals surface area contributed by atoms with Gasteiger partial charge in [-0.15, -0.1) is 22.7 Å². The van der Waals surface area contributed by atoms with Crippen LogP contribution in [0.15, 0.2) is 29.6 Å². The van der Waals surface area contributed by atoms with Crippen LogP contribution < -0.4 is 10.6 Å². The van der Waals surface area contributed by atoms with Crippen LogP contribution in [0, 0.1) is 24.0 Å². The van der Waals surface area contributed by atoms with E-state index in [-0.39, 0.29) is 11.3 Å². The summed E-state index contributed by atoms with van der Waals surface area (Å²) in [7, 11) is 1.65. The maximum atomic E-state index is 12.6. The van der Waals surface area contributed by atoms with Gasteiger partial charge in [-0.05, 0) is 26.0 Å². The fourth-order valence-electron chi connectivity index (χ4n) is 2.56. The summed E-state index contributed by atoms with van der Waals surface area (Å²) in [6.07, 6.45) is 0. The topological polar surface area (TPSA) is 97.2 Å². The second-order valence-corrected chi connectivity index (χ2v) is 7.87. The van der Waals surface area contributed by atoms with Gasteiger partial charge in [-0.25, -0.2) is 4.98 Å². The number of nitrogens with zero attached hydrogens (tertiary/aromatic N) is 2. The van der Waals surface area contributed by atoms with Crippen LogP contribution in [0.4, 0.5) is 16.5 Å². The molecule has 7 nitrogen and oxygen atoms in total. The second kappa shape index (κ2) is 7.22. The number of hydrogen-bond donors (Lipinski definition) is 2. The Labute approximate surface area is 157 Å². The van der Waals surface area contributed by atoms with Crippen LogP contribution in [0.3, 0.4) is 0 Å². The normalized spacial score (nSPS) is 10.6. The minimum atomic E-state index is -0.528. The van der Waals surface area contributed by atoms with Gasteiger partial charge in [0.15, 0.2) is 5.13 Å². The lowest BCUT2D eigenvalue weighted by atomic mass is 10.1. The summed E-state index contributed by atoms with van der Waals surface area (Å²) >= 11 is 3.02. The van der Waals surface area contributed by atoms with Crippen molar-refractivity contribution in [1.29, 1.82) is 0 Å². The van der Waals surface area contributed by atoms with Crippen molar-refractivity contribution in [3.8, 4) is 11.3 Å². The molecule has 26 heavy (non-hydrogen) atoms. The molecule has 0 atom stereocenters. The van der Waals surface area contributed by atoms with Gasteiger partial charge in [-0.2, -0.15) is 0 Å². The molecule has 0 aliphatic rings. The highest BCUT2D eigenvalue weighted by molar-refractivity contribution is 7.14. The Morgan fingerprint density at radius 2 is 2.04 bits per heavy atom. The van der Waals surface area contributed by atoms with E-state index in [0.29, 0.717) is 10.8 Å². The van der Waals surface area contributed by atoms with Crippen molar-refractivity contribution in [1.82, 2.24) is 4.98 Å². The molecular formula is C17H16N4O3S2. The van der Waals surface area contributed by atoms with E-state index < -0.39 is 10.8 Å². The highest BCUT2D eigenvalue weighted by Gasteiger charge is 2.18. The van der Waals surface area contributed by atoms with Gasteiger partial charge < -0.3 is 5.32 Å². The number of rotatable bonds is 5. The van der Waals surface area contributed by atoms with E-state index in [4.69, 9.17) is 0 Å². The molecule has 9 heteroatoms. The zero-order valence-corrected chi connectivity index (χ0v) is 16.0. The van der Waals surface area contributed by atoms with Gasteiger partial charge in [0.05, 0.1) is 16.2 Å². The van der Waals surface area contributed by atoms with Gasteiger partial charge in [-0.3, -0.25) is 20.2 Å². The first kappa shape index (κ1) is 18.0. The van der Waals surface area contributed by atoms with Gasteiger partial charge in [0.25, 0.3) is 11.6 Å². The number of nitrogens with one attached hydrogen (secondary N) is 2. The van der Waals surface area contributed by atoms with Crippen molar-refractivity contribution in [3.63, 3.8) is 0 Å². The molecule has 0 spiro atoms. The van der Waals surface area contributed by atoms with Crippen LogP contribution in [-0.4, -0.2) is 22.9 Å². The molecule has 0 radical (unpaired) electrons. The second-order valence-electron chi connectivity index (χ2n) is 5.56. The average Bonchev–Trinajstić information content (AvgIpc) is 3.19. The molecule has 0 saturated carbocycles. The summed E-state index contributed by atoms with van der Waals surface area (Å²) in [5.74, 6) is -0.447. The van der Waals surface area contributed by atoms with E-state index in [1.165, 1.54) is 39.3 Å². The number of benzene rings is 1. The number of thiazole rings is 1. The molecule has 3 rings (SSSR count). The maximum Gasteiger partial charge on any atom is 0.270 e. The lowest BCUT2D eigenvalue weighted by Gasteiger charge is -2.08. The summed E-state index contributed by atoms with van der Waals surface area (Å²) < 4.78 is 0. The van der Waals surface area contributed by atoms with Crippen molar-refractivity contribution in [2.75, 3.05) is 17.7 Å². The number of nitro groups is 1. The lowest BCUT2D eigenvalue weighted by Crippen LogP contribution is -2.14. The van der Waals surface area contributed by atoms with Gasteiger partial charge in [0, 0.05) is 45.6 Å². The first-order chi connectivity index (χ1) is 12.4. The Hall–Kier alpha value is -2.78. The number of aromatic nitrogens is 1. The number of aryl methyl sites for hydroxylation is 2. The number of thiophene rings is 1. The summed E-state index contributed by atoms with van der Waals surface area (Å²) in [6, 6.07) is 6.19. The summed E-state index contributed by atoms with van der Waals surface area (Å²) in [5, 5.41) is 18.9. The molecule has 0 bridgehead atoms. The maximum absolute atomic E-state index is 12.6. The summed E-state index contributed by atoms with van der Waals surface area (Å²) in [6.45, 7) is 4.07. The standard InChI is InChI=1S/C17H16N4O3S2/c1-9-6-12(10(2)26-9)15-8-25-17(19-15)20-16(22)13-7-11(21(23)24)4-5-14(13)18-3/h4-8,18H,1-3H3,(H,19,20,22). The largest absolute Gasteiger partial charge is 0.387 e. The lowest BCUT2D eigenvalue weighted by molar-refractivity contribution is -0.384. The van der Waals surface area contributed by atoms with E-state index in [9.17, 15) is 14.9 Å². The van der Waals surface area contributed by atoms with Gasteiger partial charge in [0.2, 0.25) is 0 Å². The Kier molecular flexibility index (Phi) is 5.01. The van der Waals surface area contributed by atoms with E-state index in [0.717, 1.165) is 11.3 Å². The number of hydrogen-bond acceptors (Lipinski definition) is 7. The molecule has 1 aromatic carbocycles.